The van der Waals surface area contributed by atoms with Crippen molar-refractivity contribution in [3.8, 4) is 11.5 Å². The molecule has 0 bridgehead atoms. The van der Waals surface area contributed by atoms with Gasteiger partial charge >= 0.3 is 0 Å². The summed E-state index contributed by atoms with van der Waals surface area (Å²) in [6.45, 7) is 6.54. The number of hydrogen-bond acceptors (Lipinski definition) is 3. The fourth-order valence-corrected chi connectivity index (χ4v) is 1.53. The fraction of sp³-hybridized carbons (Fsp3) is 0.429. The van der Waals surface area contributed by atoms with E-state index in [9.17, 15) is 0 Å². The summed E-state index contributed by atoms with van der Waals surface area (Å²) in [5, 5.41) is 9.12. The molecule has 3 nitrogen and oxygen atoms in total. The maximum atomic E-state index is 9.12. The van der Waals surface area contributed by atoms with Crippen LogP contribution in [0.2, 0.25) is 0 Å². The third kappa shape index (κ3) is 3.79. The summed E-state index contributed by atoms with van der Waals surface area (Å²) < 4.78 is 11.0. The van der Waals surface area contributed by atoms with Gasteiger partial charge in [-0.3, -0.25) is 0 Å². The standard InChI is InChI=1S/C14H20O3/c1-10(2)5-6-17-14-11(3)7-12(9-15)8-13(14)16-4/h5,7-8,15H,6,9H2,1-4H3. The topological polar surface area (TPSA) is 38.7 Å². The largest absolute Gasteiger partial charge is 0.493 e. The van der Waals surface area contributed by atoms with Crippen molar-refractivity contribution in [1.29, 1.82) is 0 Å². The number of allylic oxidation sites excluding steroid dienone is 1. The van der Waals surface area contributed by atoms with E-state index in [2.05, 4.69) is 0 Å². The van der Waals surface area contributed by atoms with Gasteiger partial charge < -0.3 is 14.6 Å². The van der Waals surface area contributed by atoms with E-state index in [-0.39, 0.29) is 6.61 Å². The molecule has 0 fully saturated rings. The second-order valence-corrected chi connectivity index (χ2v) is 4.19. The van der Waals surface area contributed by atoms with Crippen LogP contribution in [0.5, 0.6) is 11.5 Å². The van der Waals surface area contributed by atoms with Gasteiger partial charge in [0.1, 0.15) is 6.61 Å². The number of aliphatic hydroxyl groups is 1. The highest BCUT2D eigenvalue weighted by Crippen LogP contribution is 2.32. The highest BCUT2D eigenvalue weighted by atomic mass is 16.5. The highest BCUT2D eigenvalue weighted by molar-refractivity contribution is 5.48. The Kier molecular flexibility index (Phi) is 5.04. The Balaban J connectivity index is 2.93. The Morgan fingerprint density at radius 3 is 2.59 bits per heavy atom. The minimum absolute atomic E-state index is 0.00541. The fourth-order valence-electron chi connectivity index (χ4n) is 1.53. The summed E-state index contributed by atoms with van der Waals surface area (Å²) in [5.41, 5.74) is 3.01. The summed E-state index contributed by atoms with van der Waals surface area (Å²) in [7, 11) is 1.60. The minimum atomic E-state index is 0.00541. The molecule has 1 rings (SSSR count). The van der Waals surface area contributed by atoms with E-state index in [0.717, 1.165) is 16.9 Å². The first kappa shape index (κ1) is 13.6. The van der Waals surface area contributed by atoms with Crippen LogP contribution in [0.1, 0.15) is 25.0 Å². The van der Waals surface area contributed by atoms with Crippen molar-refractivity contribution in [1.82, 2.24) is 0 Å². The molecule has 0 heterocycles. The quantitative estimate of drug-likeness (QED) is 0.799. The summed E-state index contributed by atoms with van der Waals surface area (Å²) >= 11 is 0. The van der Waals surface area contributed by atoms with Crippen LogP contribution in [-0.2, 0) is 6.61 Å². The van der Waals surface area contributed by atoms with Gasteiger partial charge in [0, 0.05) is 0 Å². The van der Waals surface area contributed by atoms with Crippen LogP contribution in [0.3, 0.4) is 0 Å². The predicted octanol–water partition coefficient (Wildman–Crippen LogP) is 2.84. The molecule has 94 valence electrons. The summed E-state index contributed by atoms with van der Waals surface area (Å²) in [5.74, 6) is 1.40. The first-order valence-electron chi connectivity index (χ1n) is 5.63. The number of hydrogen-bond donors (Lipinski definition) is 1. The molecular weight excluding hydrogens is 216 g/mol. The highest BCUT2D eigenvalue weighted by Gasteiger charge is 2.09. The molecule has 1 aromatic rings. The zero-order chi connectivity index (χ0) is 12.8. The van der Waals surface area contributed by atoms with Crippen LogP contribution in [-0.4, -0.2) is 18.8 Å². The van der Waals surface area contributed by atoms with Crippen LogP contribution in [0, 0.1) is 6.92 Å². The molecule has 3 heteroatoms. The average molecular weight is 236 g/mol. The van der Waals surface area contributed by atoms with Gasteiger partial charge in [-0.05, 0) is 50.1 Å². The van der Waals surface area contributed by atoms with Crippen LogP contribution in [0.4, 0.5) is 0 Å². The van der Waals surface area contributed by atoms with Crippen LogP contribution >= 0.6 is 0 Å². The number of aryl methyl sites for hydroxylation is 1. The lowest BCUT2D eigenvalue weighted by molar-refractivity contribution is 0.279. The molecule has 0 radical (unpaired) electrons. The number of aliphatic hydroxyl groups excluding tert-OH is 1. The molecule has 0 atom stereocenters. The van der Waals surface area contributed by atoms with Gasteiger partial charge in [-0.1, -0.05) is 5.57 Å². The Hall–Kier alpha value is -1.48. The molecule has 0 aliphatic rings. The van der Waals surface area contributed by atoms with Gasteiger partial charge in [0.05, 0.1) is 13.7 Å². The van der Waals surface area contributed by atoms with Gasteiger partial charge in [-0.15, -0.1) is 0 Å². The predicted molar refractivity (Wildman–Crippen MR) is 68.6 cm³/mol. The monoisotopic (exact) mass is 236 g/mol. The maximum Gasteiger partial charge on any atom is 0.164 e. The third-order valence-electron chi connectivity index (χ3n) is 2.42. The molecule has 17 heavy (non-hydrogen) atoms. The van der Waals surface area contributed by atoms with Crippen molar-refractivity contribution < 1.29 is 14.6 Å². The Morgan fingerprint density at radius 2 is 2.06 bits per heavy atom. The normalized spacial score (nSPS) is 9.94. The number of methoxy groups -OCH3 is 1. The van der Waals surface area contributed by atoms with Crippen molar-refractivity contribution in [2.45, 2.75) is 27.4 Å². The summed E-state index contributed by atoms with van der Waals surface area (Å²) in [6.07, 6.45) is 2.01. The lowest BCUT2D eigenvalue weighted by atomic mass is 10.1. The molecule has 0 amide bonds. The van der Waals surface area contributed by atoms with Crippen LogP contribution in [0.15, 0.2) is 23.8 Å². The van der Waals surface area contributed by atoms with Crippen LogP contribution < -0.4 is 9.47 Å². The second kappa shape index (κ2) is 6.30. The molecule has 0 saturated heterocycles. The first-order valence-corrected chi connectivity index (χ1v) is 5.63. The van der Waals surface area contributed by atoms with Crippen molar-refractivity contribution in [2.75, 3.05) is 13.7 Å². The van der Waals surface area contributed by atoms with E-state index < -0.39 is 0 Å². The SMILES string of the molecule is COc1cc(CO)cc(C)c1OCC=C(C)C. The van der Waals surface area contributed by atoms with E-state index in [0.29, 0.717) is 12.4 Å². The average Bonchev–Trinajstić information content (AvgIpc) is 2.30. The molecule has 1 aromatic carbocycles. The van der Waals surface area contributed by atoms with Crippen molar-refractivity contribution in [2.24, 2.45) is 0 Å². The number of rotatable bonds is 5. The maximum absolute atomic E-state index is 9.12. The smallest absolute Gasteiger partial charge is 0.164 e. The lowest BCUT2D eigenvalue weighted by Gasteiger charge is -2.13. The first-order chi connectivity index (χ1) is 8.08. The summed E-state index contributed by atoms with van der Waals surface area (Å²) in [4.78, 5) is 0. The van der Waals surface area contributed by atoms with Gasteiger partial charge in [-0.2, -0.15) is 0 Å². The van der Waals surface area contributed by atoms with E-state index in [1.54, 1.807) is 13.2 Å². The Labute approximate surface area is 103 Å². The van der Waals surface area contributed by atoms with E-state index >= 15 is 0 Å². The molecule has 0 spiro atoms. The lowest BCUT2D eigenvalue weighted by Crippen LogP contribution is -2.00. The van der Waals surface area contributed by atoms with Crippen LogP contribution in [0.25, 0.3) is 0 Å². The van der Waals surface area contributed by atoms with Gasteiger partial charge in [-0.25, -0.2) is 0 Å². The molecule has 0 unspecified atom stereocenters. The molecule has 1 N–H and O–H groups in total. The van der Waals surface area contributed by atoms with Gasteiger partial charge in [0.25, 0.3) is 0 Å². The molecule has 0 saturated carbocycles. The zero-order valence-electron chi connectivity index (χ0n) is 10.9. The number of benzene rings is 1. The minimum Gasteiger partial charge on any atom is -0.493 e. The van der Waals surface area contributed by atoms with E-state index in [4.69, 9.17) is 14.6 Å². The van der Waals surface area contributed by atoms with Crippen molar-refractivity contribution in [3.63, 3.8) is 0 Å². The zero-order valence-corrected chi connectivity index (χ0v) is 10.9. The van der Waals surface area contributed by atoms with Gasteiger partial charge in [0.2, 0.25) is 0 Å². The summed E-state index contributed by atoms with van der Waals surface area (Å²) in [6, 6.07) is 3.70. The third-order valence-corrected chi connectivity index (χ3v) is 2.42. The Morgan fingerprint density at radius 1 is 1.35 bits per heavy atom. The van der Waals surface area contributed by atoms with E-state index in [1.165, 1.54) is 5.57 Å². The van der Waals surface area contributed by atoms with Crippen molar-refractivity contribution in [3.05, 3.63) is 34.9 Å². The molecular formula is C14H20O3. The molecule has 0 aliphatic carbocycles. The second-order valence-electron chi connectivity index (χ2n) is 4.19. The number of ether oxygens (including phenoxy) is 2. The van der Waals surface area contributed by atoms with E-state index in [1.807, 2.05) is 32.9 Å². The molecule has 0 aromatic heterocycles. The molecule has 0 aliphatic heterocycles. The van der Waals surface area contributed by atoms with Crippen molar-refractivity contribution >= 4 is 0 Å². The van der Waals surface area contributed by atoms with Gasteiger partial charge in [0.15, 0.2) is 11.5 Å². The Bertz CT molecular complexity index is 404.